The van der Waals surface area contributed by atoms with Crippen LogP contribution in [0.25, 0.3) is 0 Å². The van der Waals surface area contributed by atoms with Crippen LogP contribution in [0.4, 0.5) is 4.39 Å². The molecule has 3 N–H and O–H groups in total. The van der Waals surface area contributed by atoms with Crippen molar-refractivity contribution in [3.8, 4) is 5.75 Å². The van der Waals surface area contributed by atoms with Gasteiger partial charge in [-0.3, -0.25) is 9.59 Å². The van der Waals surface area contributed by atoms with Gasteiger partial charge in [0.25, 0.3) is 11.8 Å². The molecule has 0 spiro atoms. The number of benzene rings is 1. The lowest BCUT2D eigenvalue weighted by atomic mass is 9.92. The zero-order valence-electron chi connectivity index (χ0n) is 13.9. The van der Waals surface area contributed by atoms with Crippen molar-refractivity contribution in [1.29, 1.82) is 0 Å². The first-order valence-corrected chi connectivity index (χ1v) is 8.11. The Morgan fingerprint density at radius 1 is 1.36 bits per heavy atom. The van der Waals surface area contributed by atoms with Gasteiger partial charge in [-0.2, -0.15) is 0 Å². The molecule has 0 saturated carbocycles. The number of primary amides is 1. The molecule has 25 heavy (non-hydrogen) atoms. The van der Waals surface area contributed by atoms with E-state index in [0.717, 1.165) is 18.5 Å². The maximum atomic E-state index is 13.9. The molecule has 1 saturated heterocycles. The predicted molar refractivity (Wildman–Crippen MR) is 90.1 cm³/mol. The molecule has 1 atom stereocenters. The van der Waals surface area contributed by atoms with Crippen molar-refractivity contribution in [2.75, 3.05) is 20.2 Å². The lowest BCUT2D eigenvalue weighted by Crippen LogP contribution is -2.39. The summed E-state index contributed by atoms with van der Waals surface area (Å²) in [7, 11) is 1.38. The number of aromatic nitrogens is 1. The molecule has 2 aromatic rings. The largest absolute Gasteiger partial charge is 0.494 e. The number of carbonyl (C=O) groups is 2. The van der Waals surface area contributed by atoms with Crippen LogP contribution < -0.4 is 10.5 Å². The molecule has 7 heteroatoms. The van der Waals surface area contributed by atoms with Crippen molar-refractivity contribution in [3.05, 3.63) is 53.1 Å². The third kappa shape index (κ3) is 3.35. The average molecular weight is 345 g/mol. The normalized spacial score (nSPS) is 17.4. The Kier molecular flexibility index (Phi) is 4.74. The number of aromatic amines is 1. The van der Waals surface area contributed by atoms with E-state index < -0.39 is 11.7 Å². The molecule has 1 aromatic heterocycles. The van der Waals surface area contributed by atoms with Crippen LogP contribution in [0.2, 0.25) is 0 Å². The van der Waals surface area contributed by atoms with E-state index in [1.165, 1.54) is 19.2 Å². The Morgan fingerprint density at radius 2 is 2.16 bits per heavy atom. The van der Waals surface area contributed by atoms with Crippen LogP contribution in [0.15, 0.2) is 30.5 Å². The highest BCUT2D eigenvalue weighted by atomic mass is 19.1. The van der Waals surface area contributed by atoms with E-state index in [-0.39, 0.29) is 23.1 Å². The number of hydrogen-bond acceptors (Lipinski definition) is 3. The Labute approximate surface area is 144 Å². The van der Waals surface area contributed by atoms with Gasteiger partial charge in [-0.05, 0) is 37.1 Å². The average Bonchev–Trinajstić information content (AvgIpc) is 3.11. The molecule has 0 aliphatic carbocycles. The summed E-state index contributed by atoms with van der Waals surface area (Å²) in [5, 5.41) is 0. The summed E-state index contributed by atoms with van der Waals surface area (Å²) in [5.74, 6) is -1.19. The Hall–Kier alpha value is -2.83. The number of likely N-dealkylation sites (tertiary alicyclic amines) is 1. The fourth-order valence-electron chi connectivity index (χ4n) is 3.31. The fourth-order valence-corrected chi connectivity index (χ4v) is 3.31. The lowest BCUT2D eigenvalue weighted by Gasteiger charge is -2.33. The van der Waals surface area contributed by atoms with Crippen molar-refractivity contribution < 1.29 is 18.7 Å². The number of halogens is 1. The number of hydrogen-bond donors (Lipinski definition) is 2. The minimum Gasteiger partial charge on any atom is -0.494 e. The third-order valence-corrected chi connectivity index (χ3v) is 4.56. The van der Waals surface area contributed by atoms with Crippen molar-refractivity contribution >= 4 is 11.8 Å². The Morgan fingerprint density at radius 3 is 2.84 bits per heavy atom. The van der Waals surface area contributed by atoms with Crippen molar-refractivity contribution in [2.45, 2.75) is 18.8 Å². The van der Waals surface area contributed by atoms with Crippen LogP contribution in [0.1, 0.15) is 45.2 Å². The van der Waals surface area contributed by atoms with E-state index in [2.05, 4.69) is 4.98 Å². The molecule has 6 nitrogen and oxygen atoms in total. The summed E-state index contributed by atoms with van der Waals surface area (Å²) in [6.45, 7) is 1.04. The zero-order chi connectivity index (χ0) is 18.0. The smallest absolute Gasteiger partial charge is 0.253 e. The van der Waals surface area contributed by atoms with Gasteiger partial charge in [0, 0.05) is 36.5 Å². The number of amides is 2. The highest BCUT2D eigenvalue weighted by Gasteiger charge is 2.28. The van der Waals surface area contributed by atoms with Gasteiger partial charge in [-0.25, -0.2) is 4.39 Å². The van der Waals surface area contributed by atoms with E-state index in [1.807, 2.05) is 0 Å². The summed E-state index contributed by atoms with van der Waals surface area (Å²) in [6.07, 6.45) is 3.32. The van der Waals surface area contributed by atoms with Crippen LogP contribution in [-0.2, 0) is 0 Å². The maximum absolute atomic E-state index is 13.9. The molecule has 1 fully saturated rings. The second-order valence-corrected chi connectivity index (χ2v) is 6.11. The molecule has 2 heterocycles. The number of nitrogens with two attached hydrogens (primary N) is 1. The second-order valence-electron chi connectivity index (χ2n) is 6.11. The summed E-state index contributed by atoms with van der Waals surface area (Å²) >= 11 is 0. The van der Waals surface area contributed by atoms with Gasteiger partial charge in [-0.15, -0.1) is 0 Å². The number of piperidine rings is 1. The van der Waals surface area contributed by atoms with Gasteiger partial charge in [0.15, 0.2) is 11.6 Å². The Bertz CT molecular complexity index is 803. The minimum atomic E-state index is -0.567. The van der Waals surface area contributed by atoms with Crippen LogP contribution in [-0.4, -0.2) is 41.9 Å². The molecule has 132 valence electrons. The van der Waals surface area contributed by atoms with Crippen molar-refractivity contribution in [3.63, 3.8) is 0 Å². The SMILES string of the molecule is COc1ccc(C(=O)N2CCCC(c3[nH]ccc3C(N)=O)C2)cc1F. The van der Waals surface area contributed by atoms with Gasteiger partial charge in [0.05, 0.1) is 12.7 Å². The monoisotopic (exact) mass is 345 g/mol. The molecule has 1 aliphatic heterocycles. The van der Waals surface area contributed by atoms with E-state index in [9.17, 15) is 14.0 Å². The molecule has 1 aliphatic rings. The summed E-state index contributed by atoms with van der Waals surface area (Å²) in [6, 6.07) is 5.84. The molecule has 3 rings (SSSR count). The fraction of sp³-hybridized carbons (Fsp3) is 0.333. The van der Waals surface area contributed by atoms with E-state index in [1.54, 1.807) is 23.2 Å². The molecular weight excluding hydrogens is 325 g/mol. The van der Waals surface area contributed by atoms with E-state index in [0.29, 0.717) is 18.7 Å². The van der Waals surface area contributed by atoms with Crippen molar-refractivity contribution in [1.82, 2.24) is 9.88 Å². The van der Waals surface area contributed by atoms with Crippen LogP contribution in [0, 0.1) is 5.82 Å². The van der Waals surface area contributed by atoms with Gasteiger partial charge >= 0.3 is 0 Å². The minimum absolute atomic E-state index is 0.00158. The number of methoxy groups -OCH3 is 1. The van der Waals surface area contributed by atoms with E-state index in [4.69, 9.17) is 10.5 Å². The molecular formula is C18H20FN3O3. The van der Waals surface area contributed by atoms with Crippen LogP contribution in [0.5, 0.6) is 5.75 Å². The molecule has 1 aromatic carbocycles. The number of nitrogens with one attached hydrogen (secondary N) is 1. The molecule has 2 amide bonds. The summed E-state index contributed by atoms with van der Waals surface area (Å²) in [5.41, 5.74) is 6.89. The standard InChI is InChI=1S/C18H20FN3O3/c1-25-15-5-4-11(9-14(15)19)18(24)22-8-2-3-12(10-22)16-13(17(20)23)6-7-21-16/h4-7,9,12,21H,2-3,8,10H2,1H3,(H2,20,23). The van der Waals surface area contributed by atoms with Gasteiger partial charge in [0.1, 0.15) is 0 Å². The Balaban J connectivity index is 1.79. The number of rotatable bonds is 4. The topological polar surface area (TPSA) is 88.4 Å². The van der Waals surface area contributed by atoms with Crippen molar-refractivity contribution in [2.24, 2.45) is 5.73 Å². The number of nitrogens with zero attached hydrogens (tertiary/aromatic N) is 1. The van der Waals surface area contributed by atoms with Crippen LogP contribution in [0.3, 0.4) is 0 Å². The second kappa shape index (κ2) is 6.96. The van der Waals surface area contributed by atoms with Gasteiger partial charge < -0.3 is 20.4 Å². The number of H-pyrrole nitrogens is 1. The summed E-state index contributed by atoms with van der Waals surface area (Å²) < 4.78 is 18.7. The first-order valence-electron chi connectivity index (χ1n) is 8.11. The number of carbonyl (C=O) groups excluding carboxylic acids is 2. The lowest BCUT2D eigenvalue weighted by molar-refractivity contribution is 0.0705. The summed E-state index contributed by atoms with van der Waals surface area (Å²) in [4.78, 5) is 29.0. The van der Waals surface area contributed by atoms with E-state index >= 15 is 0 Å². The predicted octanol–water partition coefficient (Wildman–Crippen LogP) is 2.28. The van der Waals surface area contributed by atoms with Gasteiger partial charge in [0.2, 0.25) is 0 Å². The van der Waals surface area contributed by atoms with Crippen LogP contribution >= 0.6 is 0 Å². The first-order chi connectivity index (χ1) is 12.0. The number of ether oxygens (including phenoxy) is 1. The third-order valence-electron chi connectivity index (χ3n) is 4.56. The highest BCUT2D eigenvalue weighted by Crippen LogP contribution is 2.29. The zero-order valence-corrected chi connectivity index (χ0v) is 13.9. The van der Waals surface area contributed by atoms with Gasteiger partial charge in [-0.1, -0.05) is 0 Å². The highest BCUT2D eigenvalue weighted by molar-refractivity contribution is 5.95. The molecule has 1 unspecified atom stereocenters. The first kappa shape index (κ1) is 17.0. The molecule has 0 bridgehead atoms. The quantitative estimate of drug-likeness (QED) is 0.891. The maximum Gasteiger partial charge on any atom is 0.253 e. The molecule has 0 radical (unpaired) electrons.